The first kappa shape index (κ1) is 18.9. The van der Waals surface area contributed by atoms with E-state index in [2.05, 4.69) is 21.7 Å². The van der Waals surface area contributed by atoms with Gasteiger partial charge in [-0.2, -0.15) is 10.2 Å². The zero-order chi connectivity index (χ0) is 20.3. The predicted octanol–water partition coefficient (Wildman–Crippen LogP) is 3.81. The van der Waals surface area contributed by atoms with Crippen LogP contribution in [0.3, 0.4) is 0 Å². The molecule has 0 unspecified atom stereocenters. The van der Waals surface area contributed by atoms with Crippen LogP contribution in [0.4, 0.5) is 16.5 Å². The average molecular weight is 377 g/mol. The molecule has 0 saturated heterocycles. The largest absolute Gasteiger partial charge is 0.422 e. The number of para-hydroxylation sites is 1. The van der Waals surface area contributed by atoms with Gasteiger partial charge in [-0.25, -0.2) is 4.79 Å². The first-order valence-corrected chi connectivity index (χ1v) is 8.66. The first-order chi connectivity index (χ1) is 13.4. The second-order valence-corrected chi connectivity index (χ2v) is 6.17. The van der Waals surface area contributed by atoms with E-state index in [1.54, 1.807) is 25.2 Å². The number of anilines is 2. The molecule has 1 heterocycles. The maximum absolute atomic E-state index is 12.0. The van der Waals surface area contributed by atoms with Crippen molar-refractivity contribution in [2.45, 2.75) is 13.8 Å². The molecular weight excluding hydrogens is 358 g/mol. The molecule has 1 aromatic heterocycles. The molecule has 0 aliphatic heterocycles. The molecule has 0 bridgehead atoms. The molecule has 3 amide bonds. The Morgan fingerprint density at radius 2 is 2.00 bits per heavy atom. The highest BCUT2D eigenvalue weighted by atomic mass is 16.4. The van der Waals surface area contributed by atoms with Gasteiger partial charge in [-0.3, -0.25) is 10.1 Å². The van der Waals surface area contributed by atoms with E-state index in [1.807, 2.05) is 25.1 Å². The molecule has 3 aromatic rings. The first-order valence-electron chi connectivity index (χ1n) is 8.66. The van der Waals surface area contributed by atoms with Gasteiger partial charge in [0.05, 0.1) is 5.56 Å². The Kier molecular flexibility index (Phi) is 5.27. The monoisotopic (exact) mass is 377 g/mol. The fourth-order valence-electron chi connectivity index (χ4n) is 2.69. The van der Waals surface area contributed by atoms with Crippen molar-refractivity contribution in [2.24, 2.45) is 0 Å². The third kappa shape index (κ3) is 3.78. The van der Waals surface area contributed by atoms with Crippen LogP contribution < -0.4 is 10.6 Å². The molecule has 28 heavy (non-hydrogen) atoms. The van der Waals surface area contributed by atoms with Crippen LogP contribution in [-0.2, 0) is 4.79 Å². The number of hydrogen-bond acceptors (Lipinski definition) is 5. The molecule has 0 atom stereocenters. The highest BCUT2D eigenvalue weighted by Gasteiger charge is 2.17. The molecule has 0 saturated carbocycles. The van der Waals surface area contributed by atoms with Gasteiger partial charge >= 0.3 is 12.0 Å². The van der Waals surface area contributed by atoms with Gasteiger partial charge in [0.2, 0.25) is 5.91 Å². The minimum atomic E-state index is -0.358. The molecule has 8 nitrogen and oxygen atoms in total. The summed E-state index contributed by atoms with van der Waals surface area (Å²) in [5.41, 5.74) is 3.07. The van der Waals surface area contributed by atoms with Crippen molar-refractivity contribution in [3.05, 3.63) is 42.0 Å². The van der Waals surface area contributed by atoms with Gasteiger partial charge in [-0.1, -0.05) is 18.2 Å². The summed E-state index contributed by atoms with van der Waals surface area (Å²) in [6.45, 7) is 3.80. The molecule has 0 aliphatic rings. The summed E-state index contributed by atoms with van der Waals surface area (Å²) in [7, 11) is 1.65. The number of nitrogens with zero attached hydrogens (tertiary/aromatic N) is 3. The van der Waals surface area contributed by atoms with Crippen molar-refractivity contribution in [2.75, 3.05) is 24.2 Å². The molecule has 8 heteroatoms. The van der Waals surface area contributed by atoms with E-state index >= 15 is 0 Å². The van der Waals surface area contributed by atoms with Crippen molar-refractivity contribution in [3.63, 3.8) is 0 Å². The predicted molar refractivity (Wildman–Crippen MR) is 106 cm³/mol. The van der Waals surface area contributed by atoms with E-state index in [1.165, 1.54) is 11.8 Å². The highest BCUT2D eigenvalue weighted by molar-refractivity contribution is 5.96. The number of amides is 3. The number of oxazole rings is 1. The molecule has 0 spiro atoms. The Bertz CT molecular complexity index is 1100. The SMILES string of the molecule is CCN(C)C(=O)Nc1nc2cc(-c3ccccc3NC(C)=O)cc(C#N)c2o1. The Hall–Kier alpha value is -3.86. The van der Waals surface area contributed by atoms with Gasteiger partial charge in [0.25, 0.3) is 0 Å². The van der Waals surface area contributed by atoms with Gasteiger partial charge in [-0.05, 0) is 30.7 Å². The number of hydrogen-bond donors (Lipinski definition) is 2. The minimum absolute atomic E-state index is 0.0177. The maximum Gasteiger partial charge on any atom is 0.325 e. The van der Waals surface area contributed by atoms with E-state index in [9.17, 15) is 14.9 Å². The molecular formula is C20H19N5O3. The van der Waals surface area contributed by atoms with E-state index in [-0.39, 0.29) is 29.1 Å². The number of rotatable bonds is 4. The number of fused-ring (bicyclic) bond motifs is 1. The number of nitrogens with one attached hydrogen (secondary N) is 2. The highest BCUT2D eigenvalue weighted by Crippen LogP contribution is 2.33. The standard InChI is InChI=1S/C20H19N5O3/c1-4-25(3)20(27)24-19-23-17-10-13(9-14(11-21)18(17)28-19)15-7-5-6-8-16(15)22-12(2)26/h5-10H,4H2,1-3H3,(H,22,26)(H,23,24,27). The molecule has 3 rings (SSSR count). The van der Waals surface area contributed by atoms with Crippen LogP contribution in [0.15, 0.2) is 40.8 Å². The van der Waals surface area contributed by atoms with Crippen LogP contribution in [0.2, 0.25) is 0 Å². The Morgan fingerprint density at radius 1 is 1.25 bits per heavy atom. The number of carbonyl (C=O) groups is 2. The lowest BCUT2D eigenvalue weighted by atomic mass is 10.0. The molecule has 2 N–H and O–H groups in total. The summed E-state index contributed by atoms with van der Waals surface area (Å²) in [5, 5.41) is 14.9. The molecule has 0 aliphatic carbocycles. The summed E-state index contributed by atoms with van der Waals surface area (Å²) < 4.78 is 5.58. The molecule has 2 aromatic carbocycles. The number of aromatic nitrogens is 1. The third-order valence-corrected chi connectivity index (χ3v) is 4.19. The second-order valence-electron chi connectivity index (χ2n) is 6.17. The Labute approximate surface area is 161 Å². The quantitative estimate of drug-likeness (QED) is 0.718. The van der Waals surface area contributed by atoms with Crippen LogP contribution in [-0.4, -0.2) is 35.4 Å². The number of nitriles is 1. The fraction of sp³-hybridized carbons (Fsp3) is 0.200. The van der Waals surface area contributed by atoms with E-state index in [0.717, 1.165) is 5.56 Å². The maximum atomic E-state index is 12.0. The Morgan fingerprint density at radius 3 is 2.68 bits per heavy atom. The third-order valence-electron chi connectivity index (χ3n) is 4.19. The van der Waals surface area contributed by atoms with Gasteiger partial charge < -0.3 is 14.6 Å². The topological polar surface area (TPSA) is 111 Å². The molecule has 0 fully saturated rings. The van der Waals surface area contributed by atoms with Crippen molar-refractivity contribution in [1.29, 1.82) is 5.26 Å². The molecule has 142 valence electrons. The number of carbonyl (C=O) groups excluding carboxylic acids is 2. The van der Waals surface area contributed by atoms with Crippen LogP contribution in [0, 0.1) is 11.3 Å². The summed E-state index contributed by atoms with van der Waals surface area (Å²) in [6, 6.07) is 12.4. The normalized spacial score (nSPS) is 10.4. The van der Waals surface area contributed by atoms with Crippen LogP contribution in [0.25, 0.3) is 22.2 Å². The minimum Gasteiger partial charge on any atom is -0.422 e. The lowest BCUT2D eigenvalue weighted by molar-refractivity contribution is -0.114. The summed E-state index contributed by atoms with van der Waals surface area (Å²) in [6.07, 6.45) is 0. The van der Waals surface area contributed by atoms with Crippen LogP contribution in [0.5, 0.6) is 0 Å². The van der Waals surface area contributed by atoms with Crippen molar-refractivity contribution in [1.82, 2.24) is 9.88 Å². The van der Waals surface area contributed by atoms with Crippen molar-refractivity contribution < 1.29 is 14.0 Å². The summed E-state index contributed by atoms with van der Waals surface area (Å²) >= 11 is 0. The van der Waals surface area contributed by atoms with Crippen molar-refractivity contribution in [3.8, 4) is 17.2 Å². The smallest absolute Gasteiger partial charge is 0.325 e. The van der Waals surface area contributed by atoms with Gasteiger partial charge in [0.15, 0.2) is 5.58 Å². The van der Waals surface area contributed by atoms with E-state index in [4.69, 9.17) is 4.42 Å². The summed E-state index contributed by atoms with van der Waals surface area (Å²) in [5.74, 6) is -0.194. The Balaban J connectivity index is 2.06. The molecule has 0 radical (unpaired) electrons. The van der Waals surface area contributed by atoms with E-state index < -0.39 is 0 Å². The van der Waals surface area contributed by atoms with Crippen molar-refractivity contribution >= 4 is 34.7 Å². The van der Waals surface area contributed by atoms with E-state index in [0.29, 0.717) is 23.3 Å². The summed E-state index contributed by atoms with van der Waals surface area (Å²) in [4.78, 5) is 29.3. The lowest BCUT2D eigenvalue weighted by Crippen LogP contribution is -2.31. The van der Waals surface area contributed by atoms with Crippen LogP contribution in [0.1, 0.15) is 19.4 Å². The zero-order valence-electron chi connectivity index (χ0n) is 15.7. The average Bonchev–Trinajstić information content (AvgIpc) is 3.08. The fourth-order valence-corrected chi connectivity index (χ4v) is 2.69. The van der Waals surface area contributed by atoms with Gasteiger partial charge in [0.1, 0.15) is 11.6 Å². The number of urea groups is 1. The zero-order valence-corrected chi connectivity index (χ0v) is 15.7. The van der Waals surface area contributed by atoms with Gasteiger partial charge in [-0.15, -0.1) is 0 Å². The second kappa shape index (κ2) is 7.80. The number of benzene rings is 2. The van der Waals surface area contributed by atoms with Crippen LogP contribution >= 0.6 is 0 Å². The van der Waals surface area contributed by atoms with Gasteiger partial charge in [0, 0.05) is 31.8 Å². The lowest BCUT2D eigenvalue weighted by Gasteiger charge is -2.12.